The van der Waals surface area contributed by atoms with Crippen molar-refractivity contribution in [1.82, 2.24) is 9.55 Å². The molecule has 1 aliphatic carbocycles. The summed E-state index contributed by atoms with van der Waals surface area (Å²) in [5.74, 6) is 0.894. The first-order chi connectivity index (χ1) is 22.7. The number of rotatable bonds is 5. The van der Waals surface area contributed by atoms with Crippen LogP contribution in [0.15, 0.2) is 127 Å². The number of anilines is 2. The summed E-state index contributed by atoms with van der Waals surface area (Å²) in [7, 11) is 0. The van der Waals surface area contributed by atoms with Crippen molar-refractivity contribution in [2.75, 3.05) is 16.5 Å². The van der Waals surface area contributed by atoms with Crippen molar-refractivity contribution < 1.29 is 21.1 Å². The zero-order valence-electron chi connectivity index (χ0n) is 28.2. The molecule has 2 aliphatic rings. The Bertz CT molecular complexity index is 2200. The molecule has 0 saturated carbocycles. The number of para-hydroxylation sites is 3. The quantitative estimate of drug-likeness (QED) is 0.162. The van der Waals surface area contributed by atoms with Crippen LogP contribution in [0.2, 0.25) is 0 Å². The van der Waals surface area contributed by atoms with Gasteiger partial charge in [-0.3, -0.25) is 0 Å². The SMILES string of the molecule is CC(C)(C1=CCCC(N2CN(C(C)(C)C)c3ccccc32)=[C-]1)c1[c-]c2c(cc1)c1ccccc1n2-c1cc(-c2ccccc2)ccn1.[Pt+2]. The van der Waals surface area contributed by atoms with Crippen molar-refractivity contribution in [3.05, 3.63) is 144 Å². The predicted molar refractivity (Wildman–Crippen MR) is 196 cm³/mol. The Kier molecular flexibility index (Phi) is 8.20. The average Bonchev–Trinajstić information content (AvgIpc) is 3.65. The number of hydrogen-bond acceptors (Lipinski definition) is 3. The molecule has 6 aromatic rings. The maximum atomic E-state index is 4.89. The molecule has 4 nitrogen and oxygen atoms in total. The summed E-state index contributed by atoms with van der Waals surface area (Å²) in [5.41, 5.74) is 10.4. The summed E-state index contributed by atoms with van der Waals surface area (Å²) < 4.78 is 2.28. The first-order valence-corrected chi connectivity index (χ1v) is 16.7. The van der Waals surface area contributed by atoms with Crippen molar-refractivity contribution in [3.8, 4) is 16.9 Å². The molecular weight excluding hydrogens is 768 g/mol. The molecule has 0 atom stereocenters. The van der Waals surface area contributed by atoms with Crippen LogP contribution in [0.3, 0.4) is 0 Å². The van der Waals surface area contributed by atoms with E-state index in [4.69, 9.17) is 4.98 Å². The van der Waals surface area contributed by atoms with Crippen molar-refractivity contribution in [2.24, 2.45) is 0 Å². The van der Waals surface area contributed by atoms with Crippen molar-refractivity contribution in [1.29, 1.82) is 0 Å². The van der Waals surface area contributed by atoms with Crippen molar-refractivity contribution >= 4 is 33.2 Å². The Hall–Kier alpha value is -4.40. The molecule has 0 unspecified atom stereocenters. The minimum absolute atomic E-state index is 0. The molecular formula is C43H40N4Pt. The number of pyridine rings is 1. The molecule has 1 aliphatic heterocycles. The number of aromatic nitrogens is 2. The maximum absolute atomic E-state index is 4.89. The number of allylic oxidation sites excluding steroid dienone is 4. The van der Waals surface area contributed by atoms with Gasteiger partial charge >= 0.3 is 21.1 Å². The molecule has 3 heterocycles. The number of hydrogen-bond donors (Lipinski definition) is 0. The van der Waals surface area contributed by atoms with Crippen LogP contribution in [0.4, 0.5) is 11.4 Å². The normalized spacial score (nSPS) is 14.9. The summed E-state index contributed by atoms with van der Waals surface area (Å²) in [6.07, 6.45) is 10.2. The van der Waals surface area contributed by atoms with E-state index >= 15 is 0 Å². The molecule has 242 valence electrons. The molecule has 0 fully saturated rings. The molecule has 0 amide bonds. The summed E-state index contributed by atoms with van der Waals surface area (Å²) in [5, 5.41) is 2.39. The Labute approximate surface area is 298 Å². The van der Waals surface area contributed by atoms with Crippen LogP contribution >= 0.6 is 0 Å². The van der Waals surface area contributed by atoms with Crippen LogP contribution in [0.1, 0.15) is 53.0 Å². The Balaban J connectivity index is 0.00000364. The third kappa shape index (κ3) is 5.41. The summed E-state index contributed by atoms with van der Waals surface area (Å²) in [6.45, 7) is 12.3. The monoisotopic (exact) mass is 807 g/mol. The van der Waals surface area contributed by atoms with Gasteiger partial charge in [-0.25, -0.2) is 22.7 Å². The fraction of sp³-hybridized carbons (Fsp3) is 0.233. The second-order valence-corrected chi connectivity index (χ2v) is 14.3. The van der Waals surface area contributed by atoms with Crippen molar-refractivity contribution in [3.63, 3.8) is 0 Å². The number of benzene rings is 4. The van der Waals surface area contributed by atoms with E-state index in [-0.39, 0.29) is 32.0 Å². The van der Waals surface area contributed by atoms with E-state index in [2.05, 4.69) is 170 Å². The topological polar surface area (TPSA) is 24.3 Å². The summed E-state index contributed by atoms with van der Waals surface area (Å²) >= 11 is 0. The van der Waals surface area contributed by atoms with Gasteiger partial charge < -0.3 is 14.4 Å². The maximum Gasteiger partial charge on any atom is 2.00 e. The average molecular weight is 808 g/mol. The number of nitrogens with zero attached hydrogens (tertiary/aromatic N) is 4. The second kappa shape index (κ2) is 12.2. The molecule has 0 bridgehead atoms. The minimum atomic E-state index is -0.302. The molecule has 0 spiro atoms. The van der Waals surface area contributed by atoms with E-state index in [1.165, 1.54) is 39.0 Å². The molecule has 0 radical (unpaired) electrons. The fourth-order valence-corrected chi connectivity index (χ4v) is 7.25. The Morgan fingerprint density at radius 2 is 1.46 bits per heavy atom. The standard InChI is InChI=1S/C43H40N4.Pt/c1-42(2,3)46-29-45(38-20-11-12-21-39(38)46)34-17-13-16-32(27-34)43(4,5)33-22-23-36-35-18-9-10-19-37(35)47(40(36)28-33)41-26-31(24-25-44-41)30-14-7-6-8-15-30;/h6-12,14-16,18-26H,13,17,29H2,1-5H3;/q-2;+2. The van der Waals surface area contributed by atoms with Gasteiger partial charge in [-0.15, -0.1) is 5.39 Å². The zero-order chi connectivity index (χ0) is 32.3. The van der Waals surface area contributed by atoms with Crippen molar-refractivity contribution in [2.45, 2.75) is 58.4 Å². The first-order valence-electron chi connectivity index (χ1n) is 16.7. The predicted octanol–water partition coefficient (Wildman–Crippen LogP) is 10.4. The molecule has 8 rings (SSSR count). The van der Waals surface area contributed by atoms with E-state index in [0.717, 1.165) is 47.5 Å². The van der Waals surface area contributed by atoms with Gasteiger partial charge in [0.05, 0.1) is 18.0 Å². The molecule has 4 aromatic carbocycles. The fourth-order valence-electron chi connectivity index (χ4n) is 7.25. The number of fused-ring (bicyclic) bond motifs is 4. The smallest absolute Gasteiger partial charge is 0.347 e. The Morgan fingerprint density at radius 3 is 2.25 bits per heavy atom. The molecule has 48 heavy (non-hydrogen) atoms. The van der Waals surface area contributed by atoms with E-state index in [1.54, 1.807) is 0 Å². The zero-order valence-corrected chi connectivity index (χ0v) is 30.5. The van der Waals surface area contributed by atoms with Crippen LogP contribution < -0.4 is 9.80 Å². The van der Waals surface area contributed by atoms with Gasteiger partial charge in [0.15, 0.2) is 0 Å². The minimum Gasteiger partial charge on any atom is -0.347 e. The van der Waals surface area contributed by atoms with Crippen LogP contribution in [0, 0.1) is 12.1 Å². The van der Waals surface area contributed by atoms with Crippen LogP contribution in [0.5, 0.6) is 0 Å². The molecule has 0 N–H and O–H groups in total. The molecule has 2 aromatic heterocycles. The largest absolute Gasteiger partial charge is 2.00 e. The molecule has 0 saturated heterocycles. The van der Waals surface area contributed by atoms with Gasteiger partial charge in [0, 0.05) is 17.3 Å². The van der Waals surface area contributed by atoms with Gasteiger partial charge in [0.1, 0.15) is 5.82 Å². The van der Waals surface area contributed by atoms with E-state index in [0.29, 0.717) is 0 Å². The Morgan fingerprint density at radius 1 is 0.729 bits per heavy atom. The van der Waals surface area contributed by atoms with Gasteiger partial charge in [0.25, 0.3) is 0 Å². The third-order valence-electron chi connectivity index (χ3n) is 9.90. The van der Waals surface area contributed by atoms with Gasteiger partial charge in [-0.1, -0.05) is 92.1 Å². The summed E-state index contributed by atoms with van der Waals surface area (Å²) in [6, 6.07) is 40.6. The van der Waals surface area contributed by atoms with Crippen LogP contribution in [0.25, 0.3) is 38.8 Å². The van der Waals surface area contributed by atoms with E-state index < -0.39 is 0 Å². The summed E-state index contributed by atoms with van der Waals surface area (Å²) in [4.78, 5) is 9.87. The molecule has 5 heteroatoms. The van der Waals surface area contributed by atoms with Crippen LogP contribution in [-0.4, -0.2) is 21.8 Å². The van der Waals surface area contributed by atoms with Gasteiger partial charge in [0.2, 0.25) is 0 Å². The van der Waals surface area contributed by atoms with Crippen LogP contribution in [-0.2, 0) is 26.5 Å². The first kappa shape index (κ1) is 32.2. The van der Waals surface area contributed by atoms with Gasteiger partial charge in [-0.05, 0) is 79.5 Å². The second-order valence-electron chi connectivity index (χ2n) is 14.3. The van der Waals surface area contributed by atoms with Gasteiger partial charge in [-0.2, -0.15) is 23.8 Å². The van der Waals surface area contributed by atoms with E-state index in [9.17, 15) is 0 Å². The third-order valence-corrected chi connectivity index (χ3v) is 9.90. The van der Waals surface area contributed by atoms with E-state index in [1.807, 2.05) is 6.20 Å².